The fourth-order valence-corrected chi connectivity index (χ4v) is 5.03. The normalized spacial score (nSPS) is 16.0. The van der Waals surface area contributed by atoms with Gasteiger partial charge in [0.15, 0.2) is 0 Å². The highest BCUT2D eigenvalue weighted by Crippen LogP contribution is 2.22. The van der Waals surface area contributed by atoms with Gasteiger partial charge in [-0.2, -0.15) is 0 Å². The Morgan fingerprint density at radius 3 is 2.35 bits per heavy atom. The quantitative estimate of drug-likeness (QED) is 0.310. The van der Waals surface area contributed by atoms with Gasteiger partial charge in [0.05, 0.1) is 12.3 Å². The molecule has 2 aromatic rings. The molecule has 0 radical (unpaired) electrons. The monoisotopic (exact) mass is 595 g/mol. The predicted molar refractivity (Wildman–Crippen MR) is 160 cm³/mol. The first-order valence-electron chi connectivity index (χ1n) is 15.0. The highest BCUT2D eigenvalue weighted by molar-refractivity contribution is 5.95. The SMILES string of the molecule is CCCCCOC(=O)N1CCN(C(=O)[C@H](CCC(=O)O)NC(=O)c2nc(-c3ccccc3)cc(N3CCNCC3)n2)CC1. The summed E-state index contributed by atoms with van der Waals surface area (Å²) in [7, 11) is 0. The van der Waals surface area contributed by atoms with Gasteiger partial charge in [-0.25, -0.2) is 14.8 Å². The van der Waals surface area contributed by atoms with Gasteiger partial charge < -0.3 is 35.2 Å². The maximum atomic E-state index is 13.5. The number of hydrogen-bond acceptors (Lipinski definition) is 9. The number of unbranched alkanes of at least 4 members (excludes halogenated alkanes) is 2. The number of amides is 3. The van der Waals surface area contributed by atoms with Crippen molar-refractivity contribution in [2.24, 2.45) is 0 Å². The van der Waals surface area contributed by atoms with Crippen molar-refractivity contribution in [2.75, 3.05) is 63.9 Å². The number of rotatable bonds is 12. The molecule has 0 unspecified atom stereocenters. The van der Waals surface area contributed by atoms with Crippen molar-refractivity contribution in [3.63, 3.8) is 0 Å². The summed E-state index contributed by atoms with van der Waals surface area (Å²) in [6, 6.07) is 10.2. The Labute approximate surface area is 251 Å². The molecule has 3 amide bonds. The van der Waals surface area contributed by atoms with Crippen LogP contribution in [0.15, 0.2) is 36.4 Å². The van der Waals surface area contributed by atoms with E-state index in [1.807, 2.05) is 36.4 Å². The number of carbonyl (C=O) groups excluding carboxylic acids is 3. The largest absolute Gasteiger partial charge is 0.481 e. The van der Waals surface area contributed by atoms with E-state index in [4.69, 9.17) is 4.74 Å². The van der Waals surface area contributed by atoms with E-state index < -0.39 is 29.9 Å². The Hall–Kier alpha value is -4.26. The molecule has 232 valence electrons. The molecule has 1 atom stereocenters. The number of nitrogens with one attached hydrogen (secondary N) is 2. The van der Waals surface area contributed by atoms with Gasteiger partial charge in [0.1, 0.15) is 11.9 Å². The molecular weight excluding hydrogens is 554 g/mol. The van der Waals surface area contributed by atoms with Gasteiger partial charge in [-0.15, -0.1) is 0 Å². The van der Waals surface area contributed by atoms with E-state index >= 15 is 0 Å². The zero-order valence-electron chi connectivity index (χ0n) is 24.7. The lowest BCUT2D eigenvalue weighted by molar-refractivity contribution is -0.138. The van der Waals surface area contributed by atoms with Crippen LogP contribution in [0, 0.1) is 0 Å². The number of benzene rings is 1. The number of hydrogen-bond donors (Lipinski definition) is 3. The summed E-state index contributed by atoms with van der Waals surface area (Å²) < 4.78 is 5.33. The van der Waals surface area contributed by atoms with Gasteiger partial charge in [-0.1, -0.05) is 50.1 Å². The van der Waals surface area contributed by atoms with Gasteiger partial charge in [0.25, 0.3) is 5.91 Å². The average Bonchev–Trinajstić information content (AvgIpc) is 3.05. The molecule has 2 aliphatic rings. The number of carbonyl (C=O) groups is 4. The van der Waals surface area contributed by atoms with Gasteiger partial charge >= 0.3 is 12.1 Å². The number of ether oxygens (including phenoxy) is 1. The summed E-state index contributed by atoms with van der Waals surface area (Å²) in [5.74, 6) is -1.64. The summed E-state index contributed by atoms with van der Waals surface area (Å²) in [6.45, 7) is 6.48. The van der Waals surface area contributed by atoms with Crippen LogP contribution in [-0.2, 0) is 14.3 Å². The topological polar surface area (TPSA) is 157 Å². The number of aliphatic carboxylic acids is 1. The van der Waals surface area contributed by atoms with Crippen LogP contribution < -0.4 is 15.5 Å². The second kappa shape index (κ2) is 15.8. The van der Waals surface area contributed by atoms with Crippen LogP contribution in [0.5, 0.6) is 0 Å². The minimum absolute atomic E-state index is 0.0946. The number of piperazine rings is 2. The lowest BCUT2D eigenvalue weighted by Crippen LogP contribution is -2.56. The molecular formula is C30H41N7O6. The zero-order valence-corrected chi connectivity index (χ0v) is 24.7. The van der Waals surface area contributed by atoms with Gasteiger partial charge in [-0.3, -0.25) is 14.4 Å². The van der Waals surface area contributed by atoms with E-state index in [0.29, 0.717) is 31.2 Å². The van der Waals surface area contributed by atoms with Crippen molar-refractivity contribution < 1.29 is 29.0 Å². The Balaban J connectivity index is 1.47. The summed E-state index contributed by atoms with van der Waals surface area (Å²) in [6.07, 6.45) is 2.01. The summed E-state index contributed by atoms with van der Waals surface area (Å²) >= 11 is 0. The molecule has 2 fully saturated rings. The van der Waals surface area contributed by atoms with Crippen LogP contribution >= 0.6 is 0 Å². The maximum Gasteiger partial charge on any atom is 0.409 e. The van der Waals surface area contributed by atoms with Gasteiger partial charge in [-0.05, 0) is 12.8 Å². The fourth-order valence-electron chi connectivity index (χ4n) is 5.03. The second-order valence-electron chi connectivity index (χ2n) is 10.6. The van der Waals surface area contributed by atoms with Crippen LogP contribution in [0.4, 0.5) is 10.6 Å². The lowest BCUT2D eigenvalue weighted by Gasteiger charge is -2.36. The molecule has 3 heterocycles. The predicted octanol–water partition coefficient (Wildman–Crippen LogP) is 1.99. The molecule has 43 heavy (non-hydrogen) atoms. The van der Waals surface area contributed by atoms with Gasteiger partial charge in [0.2, 0.25) is 11.7 Å². The molecule has 1 aromatic heterocycles. The molecule has 13 heteroatoms. The Bertz CT molecular complexity index is 1250. The van der Waals surface area contributed by atoms with E-state index in [2.05, 4.69) is 32.4 Å². The Morgan fingerprint density at radius 2 is 1.67 bits per heavy atom. The third-order valence-corrected chi connectivity index (χ3v) is 7.50. The second-order valence-corrected chi connectivity index (χ2v) is 10.6. The summed E-state index contributed by atoms with van der Waals surface area (Å²) in [5, 5.41) is 15.3. The molecule has 4 rings (SSSR count). The van der Waals surface area contributed by atoms with Crippen molar-refractivity contribution in [3.05, 3.63) is 42.2 Å². The van der Waals surface area contributed by atoms with Crippen molar-refractivity contribution in [1.82, 2.24) is 30.4 Å². The Kier molecular flexibility index (Phi) is 11.7. The van der Waals surface area contributed by atoms with E-state index in [1.165, 1.54) is 0 Å². The minimum Gasteiger partial charge on any atom is -0.481 e. The third-order valence-electron chi connectivity index (χ3n) is 7.50. The summed E-state index contributed by atoms with van der Waals surface area (Å²) in [5.41, 5.74) is 1.39. The highest BCUT2D eigenvalue weighted by Gasteiger charge is 2.32. The Morgan fingerprint density at radius 1 is 0.977 bits per heavy atom. The van der Waals surface area contributed by atoms with Crippen molar-refractivity contribution in [3.8, 4) is 11.3 Å². The van der Waals surface area contributed by atoms with E-state index in [1.54, 1.807) is 9.80 Å². The van der Waals surface area contributed by atoms with Crippen molar-refractivity contribution in [2.45, 2.75) is 45.1 Å². The van der Waals surface area contributed by atoms with Crippen LogP contribution in [0.3, 0.4) is 0 Å². The van der Waals surface area contributed by atoms with Crippen molar-refractivity contribution in [1.29, 1.82) is 0 Å². The fraction of sp³-hybridized carbons (Fsp3) is 0.533. The number of carboxylic acids is 1. The highest BCUT2D eigenvalue weighted by atomic mass is 16.6. The number of nitrogens with zero attached hydrogens (tertiary/aromatic N) is 5. The van der Waals surface area contributed by atoms with Crippen LogP contribution in [-0.4, -0.2) is 114 Å². The first-order valence-corrected chi connectivity index (χ1v) is 15.0. The molecule has 0 saturated carbocycles. The molecule has 2 aliphatic heterocycles. The number of carboxylic acid groups (broad SMARTS) is 1. The first kappa shape index (κ1) is 31.7. The maximum absolute atomic E-state index is 13.5. The third kappa shape index (κ3) is 9.11. The van der Waals surface area contributed by atoms with Crippen LogP contribution in [0.1, 0.15) is 49.6 Å². The molecule has 13 nitrogen and oxygen atoms in total. The molecule has 0 bridgehead atoms. The molecule has 3 N–H and O–H groups in total. The molecule has 2 saturated heterocycles. The van der Waals surface area contributed by atoms with E-state index in [-0.39, 0.29) is 44.8 Å². The summed E-state index contributed by atoms with van der Waals surface area (Å²) in [4.78, 5) is 65.1. The zero-order chi connectivity index (χ0) is 30.6. The van der Waals surface area contributed by atoms with E-state index in [9.17, 15) is 24.3 Å². The van der Waals surface area contributed by atoms with E-state index in [0.717, 1.165) is 37.9 Å². The van der Waals surface area contributed by atoms with Crippen LogP contribution in [0.2, 0.25) is 0 Å². The van der Waals surface area contributed by atoms with Crippen LogP contribution in [0.25, 0.3) is 11.3 Å². The minimum atomic E-state index is -1.09. The number of aromatic nitrogens is 2. The molecule has 0 spiro atoms. The average molecular weight is 596 g/mol. The van der Waals surface area contributed by atoms with Crippen molar-refractivity contribution >= 4 is 29.7 Å². The van der Waals surface area contributed by atoms with Gasteiger partial charge in [0, 0.05) is 70.4 Å². The molecule has 1 aromatic carbocycles. The number of anilines is 1. The lowest BCUT2D eigenvalue weighted by atomic mass is 10.1. The standard InChI is InChI=1S/C30H41N7O6/c1-2-3-7-20-43-30(42)37-18-16-36(17-19-37)29(41)23(10-11-26(38)39)33-28(40)27-32-24(22-8-5-4-6-9-22)21-25(34-27)35-14-12-31-13-15-35/h4-6,8-9,21,23,31H,2-3,7,10-20H2,1H3,(H,33,40)(H,38,39)/t23-/m0/s1. The first-order chi connectivity index (χ1) is 20.9. The molecule has 0 aliphatic carbocycles. The smallest absolute Gasteiger partial charge is 0.409 e.